The Labute approximate surface area is 156 Å². The van der Waals surface area contributed by atoms with E-state index in [0.717, 1.165) is 11.1 Å². The Morgan fingerprint density at radius 1 is 0.889 bits per heavy atom. The Bertz CT molecular complexity index is 852. The van der Waals surface area contributed by atoms with Gasteiger partial charge in [0.25, 0.3) is 0 Å². The minimum absolute atomic E-state index is 0.00456. The lowest BCUT2D eigenvalue weighted by Crippen LogP contribution is -2.46. The van der Waals surface area contributed by atoms with Gasteiger partial charge in [0, 0.05) is 37.7 Å². The smallest absolute Gasteiger partial charge is 0.313 e. The van der Waals surface area contributed by atoms with E-state index in [-0.39, 0.29) is 12.5 Å². The van der Waals surface area contributed by atoms with Crippen LogP contribution in [-0.4, -0.2) is 35.0 Å². The quantitative estimate of drug-likeness (QED) is 0.610. The number of amides is 3. The molecule has 0 bridgehead atoms. The highest BCUT2D eigenvalue weighted by Gasteiger charge is 2.35. The second-order valence-corrected chi connectivity index (χ2v) is 6.74. The Kier molecular flexibility index (Phi) is 5.23. The number of hydrogen-bond acceptors (Lipinski definition) is 4. The third kappa shape index (κ3) is 4.71. The number of benzene rings is 2. The van der Waals surface area contributed by atoms with Gasteiger partial charge in [-0.2, -0.15) is 0 Å². The molecule has 0 heterocycles. The minimum Gasteiger partial charge on any atom is -0.387 e. The van der Waals surface area contributed by atoms with Crippen molar-refractivity contribution in [2.75, 3.05) is 17.2 Å². The average Bonchev–Trinajstić information content (AvgIpc) is 2.97. The van der Waals surface area contributed by atoms with Crippen LogP contribution in [-0.2, 0) is 27.2 Å². The summed E-state index contributed by atoms with van der Waals surface area (Å²) < 4.78 is 0. The van der Waals surface area contributed by atoms with Crippen molar-refractivity contribution in [3.63, 3.8) is 0 Å². The molecule has 0 unspecified atom stereocenters. The van der Waals surface area contributed by atoms with Crippen molar-refractivity contribution in [1.29, 1.82) is 0 Å². The summed E-state index contributed by atoms with van der Waals surface area (Å²) in [6.45, 7) is 1.40. The van der Waals surface area contributed by atoms with Gasteiger partial charge in [0.05, 0.1) is 5.60 Å². The average molecular weight is 367 g/mol. The van der Waals surface area contributed by atoms with Crippen LogP contribution < -0.4 is 16.0 Å². The van der Waals surface area contributed by atoms with Crippen LogP contribution in [0.4, 0.5) is 11.4 Å². The summed E-state index contributed by atoms with van der Waals surface area (Å²) in [5, 5.41) is 18.2. The first kappa shape index (κ1) is 18.6. The fraction of sp³-hybridized carbons (Fsp3) is 0.250. The van der Waals surface area contributed by atoms with Crippen LogP contribution in [0.15, 0.2) is 48.5 Å². The molecule has 0 aliphatic heterocycles. The molecule has 0 saturated heterocycles. The van der Waals surface area contributed by atoms with Gasteiger partial charge < -0.3 is 21.1 Å². The highest BCUT2D eigenvalue weighted by molar-refractivity contribution is 6.39. The highest BCUT2D eigenvalue weighted by Crippen LogP contribution is 2.29. The Balaban J connectivity index is 1.51. The number of rotatable bonds is 4. The van der Waals surface area contributed by atoms with E-state index in [1.54, 1.807) is 24.3 Å². The first-order chi connectivity index (χ1) is 12.8. The number of fused-ring (bicyclic) bond motifs is 1. The van der Waals surface area contributed by atoms with E-state index in [2.05, 4.69) is 16.0 Å². The molecule has 2 aromatic rings. The molecule has 0 atom stereocenters. The second kappa shape index (κ2) is 7.59. The molecule has 0 fully saturated rings. The molecule has 0 saturated carbocycles. The van der Waals surface area contributed by atoms with Crippen molar-refractivity contribution in [2.24, 2.45) is 0 Å². The van der Waals surface area contributed by atoms with Crippen molar-refractivity contribution in [1.82, 2.24) is 5.32 Å². The molecule has 7 heteroatoms. The van der Waals surface area contributed by atoms with Gasteiger partial charge in [-0.15, -0.1) is 0 Å². The third-order valence-electron chi connectivity index (χ3n) is 4.40. The maximum absolute atomic E-state index is 12.0. The van der Waals surface area contributed by atoms with Gasteiger partial charge in [-0.3, -0.25) is 14.4 Å². The molecular formula is C20H21N3O4. The van der Waals surface area contributed by atoms with Crippen molar-refractivity contribution >= 4 is 29.1 Å². The standard InChI is InChI=1S/C20H21N3O4/c1-13(24)22-16-6-8-17(9-7-16)23-19(26)18(25)21-12-20(27)10-14-4-2-3-5-15(14)11-20/h2-9,27H,10-12H2,1H3,(H,21,25)(H,22,24)(H,23,26). The summed E-state index contributed by atoms with van der Waals surface area (Å²) in [6.07, 6.45) is 0.880. The largest absolute Gasteiger partial charge is 0.387 e. The Morgan fingerprint density at radius 3 is 1.93 bits per heavy atom. The third-order valence-corrected chi connectivity index (χ3v) is 4.40. The summed E-state index contributed by atoms with van der Waals surface area (Å²) in [4.78, 5) is 35.1. The number of nitrogens with one attached hydrogen (secondary N) is 3. The first-order valence-corrected chi connectivity index (χ1v) is 8.61. The molecule has 0 spiro atoms. The van der Waals surface area contributed by atoms with Crippen molar-refractivity contribution in [3.05, 3.63) is 59.7 Å². The zero-order valence-corrected chi connectivity index (χ0v) is 14.9. The summed E-state index contributed by atoms with van der Waals surface area (Å²) in [7, 11) is 0. The van der Waals surface area contributed by atoms with Crippen molar-refractivity contribution in [3.8, 4) is 0 Å². The van der Waals surface area contributed by atoms with E-state index in [4.69, 9.17) is 0 Å². The number of aliphatic hydroxyl groups is 1. The Hall–Kier alpha value is -3.19. The molecule has 140 valence electrons. The number of carbonyl (C=O) groups is 3. The van der Waals surface area contributed by atoms with Crippen LogP contribution >= 0.6 is 0 Å². The zero-order valence-electron chi connectivity index (χ0n) is 14.9. The van der Waals surface area contributed by atoms with E-state index in [1.807, 2.05) is 24.3 Å². The van der Waals surface area contributed by atoms with E-state index in [9.17, 15) is 19.5 Å². The first-order valence-electron chi connectivity index (χ1n) is 8.61. The topological polar surface area (TPSA) is 108 Å². The van der Waals surface area contributed by atoms with Crippen LogP contribution in [0.1, 0.15) is 18.1 Å². The summed E-state index contributed by atoms with van der Waals surface area (Å²) in [5.41, 5.74) is 2.04. The lowest BCUT2D eigenvalue weighted by Gasteiger charge is -2.22. The van der Waals surface area contributed by atoms with E-state index in [0.29, 0.717) is 24.2 Å². The SMILES string of the molecule is CC(=O)Nc1ccc(NC(=O)C(=O)NCC2(O)Cc3ccccc3C2)cc1. The number of hydrogen-bond donors (Lipinski definition) is 4. The lowest BCUT2D eigenvalue weighted by molar-refractivity contribution is -0.136. The van der Waals surface area contributed by atoms with Gasteiger partial charge in [-0.05, 0) is 35.4 Å². The fourth-order valence-corrected chi connectivity index (χ4v) is 3.15. The lowest BCUT2D eigenvalue weighted by atomic mass is 10.0. The van der Waals surface area contributed by atoms with Gasteiger partial charge in [-0.25, -0.2) is 0 Å². The van der Waals surface area contributed by atoms with Crippen LogP contribution in [0.25, 0.3) is 0 Å². The highest BCUT2D eigenvalue weighted by atomic mass is 16.3. The van der Waals surface area contributed by atoms with E-state index >= 15 is 0 Å². The maximum atomic E-state index is 12.0. The Morgan fingerprint density at radius 2 is 1.41 bits per heavy atom. The molecule has 0 radical (unpaired) electrons. The summed E-state index contributed by atoms with van der Waals surface area (Å²) in [5.74, 6) is -1.83. The zero-order chi connectivity index (χ0) is 19.4. The molecule has 0 aromatic heterocycles. The predicted octanol–water partition coefficient (Wildman–Crippen LogP) is 1.23. The number of anilines is 2. The number of carbonyl (C=O) groups excluding carboxylic acids is 3. The van der Waals surface area contributed by atoms with Crippen molar-refractivity contribution in [2.45, 2.75) is 25.4 Å². The molecule has 1 aliphatic rings. The molecule has 3 amide bonds. The van der Waals surface area contributed by atoms with Crippen LogP contribution in [0.3, 0.4) is 0 Å². The van der Waals surface area contributed by atoms with Crippen LogP contribution in [0.2, 0.25) is 0 Å². The summed E-state index contributed by atoms with van der Waals surface area (Å²) >= 11 is 0. The molecule has 2 aromatic carbocycles. The maximum Gasteiger partial charge on any atom is 0.313 e. The van der Waals surface area contributed by atoms with Gasteiger partial charge in [0.2, 0.25) is 5.91 Å². The van der Waals surface area contributed by atoms with E-state index < -0.39 is 17.4 Å². The summed E-state index contributed by atoms with van der Waals surface area (Å²) in [6, 6.07) is 14.1. The normalized spacial score (nSPS) is 14.1. The van der Waals surface area contributed by atoms with Gasteiger partial charge in [-0.1, -0.05) is 24.3 Å². The van der Waals surface area contributed by atoms with Gasteiger partial charge >= 0.3 is 11.8 Å². The molecular weight excluding hydrogens is 346 g/mol. The molecule has 1 aliphatic carbocycles. The fourth-order valence-electron chi connectivity index (χ4n) is 3.15. The molecule has 3 rings (SSSR count). The van der Waals surface area contributed by atoms with Gasteiger partial charge in [0.1, 0.15) is 0 Å². The van der Waals surface area contributed by atoms with E-state index in [1.165, 1.54) is 6.92 Å². The molecule has 27 heavy (non-hydrogen) atoms. The molecule has 4 N–H and O–H groups in total. The monoisotopic (exact) mass is 367 g/mol. The second-order valence-electron chi connectivity index (χ2n) is 6.74. The minimum atomic E-state index is -1.08. The van der Waals surface area contributed by atoms with Gasteiger partial charge in [0.15, 0.2) is 0 Å². The molecule has 7 nitrogen and oxygen atoms in total. The van der Waals surface area contributed by atoms with Crippen LogP contribution in [0, 0.1) is 0 Å². The van der Waals surface area contributed by atoms with Crippen LogP contribution in [0.5, 0.6) is 0 Å². The predicted molar refractivity (Wildman–Crippen MR) is 101 cm³/mol. The van der Waals surface area contributed by atoms with Crippen molar-refractivity contribution < 1.29 is 19.5 Å².